The average Bonchev–Trinajstić information content (AvgIpc) is 2.54. The van der Waals surface area contributed by atoms with Gasteiger partial charge in [0.25, 0.3) is 10.0 Å². The van der Waals surface area contributed by atoms with Gasteiger partial charge in [0.15, 0.2) is 0 Å². The Labute approximate surface area is 145 Å². The topological polar surface area (TPSA) is 58.2 Å². The lowest BCUT2D eigenvalue weighted by Gasteiger charge is -2.12. The van der Waals surface area contributed by atoms with E-state index in [2.05, 4.69) is 37.7 Å². The number of hydrogen-bond donors (Lipinski definition) is 2. The fourth-order valence-electron chi connectivity index (χ4n) is 2.22. The lowest BCUT2D eigenvalue weighted by Crippen LogP contribution is -2.13. The van der Waals surface area contributed by atoms with Crippen LogP contribution >= 0.6 is 0 Å². The number of rotatable bonds is 7. The predicted octanol–water partition coefficient (Wildman–Crippen LogP) is 4.68. The summed E-state index contributed by atoms with van der Waals surface area (Å²) in [7, 11) is -3.56. The lowest BCUT2D eigenvalue weighted by atomic mass is 10.0. The van der Waals surface area contributed by atoms with Crippen LogP contribution in [0.4, 0.5) is 11.4 Å². The maximum Gasteiger partial charge on any atom is 0.261 e. The molecule has 4 nitrogen and oxygen atoms in total. The van der Waals surface area contributed by atoms with Gasteiger partial charge in [-0.2, -0.15) is 0 Å². The molecule has 0 saturated heterocycles. The first-order valence-electron chi connectivity index (χ1n) is 8.24. The number of benzene rings is 2. The van der Waals surface area contributed by atoms with Gasteiger partial charge >= 0.3 is 0 Å². The summed E-state index contributed by atoms with van der Waals surface area (Å²) in [5.41, 5.74) is 2.65. The van der Waals surface area contributed by atoms with E-state index < -0.39 is 10.0 Å². The van der Waals surface area contributed by atoms with Crippen LogP contribution in [0.2, 0.25) is 0 Å². The Bertz CT molecular complexity index is 749. The fourth-order valence-corrected chi connectivity index (χ4v) is 3.28. The first-order chi connectivity index (χ1) is 11.3. The Morgan fingerprint density at radius 1 is 0.833 bits per heavy atom. The molecule has 0 spiro atoms. The van der Waals surface area contributed by atoms with Crippen molar-refractivity contribution < 1.29 is 8.42 Å². The first-order valence-corrected chi connectivity index (χ1v) is 9.73. The SMILES string of the molecule is CC(C)CNc1ccc(NS(=O)(=O)c2ccc(C(C)C)cc2)cc1. The minimum atomic E-state index is -3.56. The van der Waals surface area contributed by atoms with Crippen LogP contribution in [0.5, 0.6) is 0 Å². The molecule has 0 unspecified atom stereocenters. The normalized spacial score (nSPS) is 11.8. The molecule has 0 amide bonds. The first kappa shape index (κ1) is 18.3. The molecule has 5 heteroatoms. The molecule has 0 atom stereocenters. The molecule has 2 aromatic carbocycles. The van der Waals surface area contributed by atoms with Crippen molar-refractivity contribution >= 4 is 21.4 Å². The van der Waals surface area contributed by atoms with Crippen molar-refractivity contribution in [3.8, 4) is 0 Å². The molecule has 24 heavy (non-hydrogen) atoms. The third-order valence-electron chi connectivity index (χ3n) is 3.71. The molecule has 0 radical (unpaired) electrons. The summed E-state index contributed by atoms with van der Waals surface area (Å²) in [6.07, 6.45) is 0. The van der Waals surface area contributed by atoms with Gasteiger partial charge in [-0.15, -0.1) is 0 Å². The quantitative estimate of drug-likeness (QED) is 0.765. The molecule has 2 rings (SSSR count). The van der Waals surface area contributed by atoms with E-state index in [1.165, 1.54) is 0 Å². The Morgan fingerprint density at radius 3 is 1.88 bits per heavy atom. The molecule has 0 heterocycles. The molecule has 0 bridgehead atoms. The minimum Gasteiger partial charge on any atom is -0.385 e. The zero-order valence-electron chi connectivity index (χ0n) is 14.7. The zero-order chi connectivity index (χ0) is 17.7. The molecule has 2 N–H and O–H groups in total. The van der Waals surface area contributed by atoms with Crippen LogP contribution in [-0.2, 0) is 10.0 Å². The summed E-state index contributed by atoms with van der Waals surface area (Å²) in [6.45, 7) is 9.32. The Morgan fingerprint density at radius 2 is 1.38 bits per heavy atom. The Kier molecular flexibility index (Phi) is 5.89. The van der Waals surface area contributed by atoms with E-state index in [4.69, 9.17) is 0 Å². The van der Waals surface area contributed by atoms with Crippen LogP contribution in [0, 0.1) is 5.92 Å². The molecule has 0 aliphatic carbocycles. The standard InChI is InChI=1S/C19H26N2O2S/c1-14(2)13-20-17-7-9-18(10-8-17)21-24(22,23)19-11-5-16(6-12-19)15(3)4/h5-12,14-15,20-21H,13H2,1-4H3. The fraction of sp³-hybridized carbons (Fsp3) is 0.368. The summed E-state index contributed by atoms with van der Waals surface area (Å²) in [5.74, 6) is 0.928. The smallest absolute Gasteiger partial charge is 0.261 e. The average molecular weight is 346 g/mol. The maximum absolute atomic E-state index is 12.5. The van der Waals surface area contributed by atoms with E-state index in [9.17, 15) is 8.42 Å². The number of nitrogens with one attached hydrogen (secondary N) is 2. The van der Waals surface area contributed by atoms with Crippen molar-refractivity contribution in [2.75, 3.05) is 16.6 Å². The highest BCUT2D eigenvalue weighted by molar-refractivity contribution is 7.92. The summed E-state index contributed by atoms with van der Waals surface area (Å²) in [4.78, 5) is 0.272. The van der Waals surface area contributed by atoms with E-state index >= 15 is 0 Å². The molecule has 0 saturated carbocycles. The van der Waals surface area contributed by atoms with Gasteiger partial charge in [-0.25, -0.2) is 8.42 Å². The van der Waals surface area contributed by atoms with Crippen LogP contribution in [-0.4, -0.2) is 15.0 Å². The Hall–Kier alpha value is -2.01. The molecular formula is C19H26N2O2S. The van der Waals surface area contributed by atoms with Gasteiger partial charge in [0.05, 0.1) is 4.90 Å². The van der Waals surface area contributed by atoms with E-state index in [1.54, 1.807) is 24.3 Å². The maximum atomic E-state index is 12.5. The largest absolute Gasteiger partial charge is 0.385 e. The molecule has 0 fully saturated rings. The second-order valence-corrected chi connectivity index (χ2v) is 8.36. The Balaban J connectivity index is 2.08. The molecule has 2 aromatic rings. The van der Waals surface area contributed by atoms with Gasteiger partial charge in [0.2, 0.25) is 0 Å². The van der Waals surface area contributed by atoms with Crippen LogP contribution in [0.1, 0.15) is 39.2 Å². The highest BCUT2D eigenvalue weighted by Crippen LogP contribution is 2.21. The monoisotopic (exact) mass is 346 g/mol. The summed E-state index contributed by atoms with van der Waals surface area (Å²) in [5, 5.41) is 3.31. The molecule has 0 aliphatic heterocycles. The third kappa shape index (κ3) is 4.99. The van der Waals surface area contributed by atoms with Crippen molar-refractivity contribution in [1.29, 1.82) is 0 Å². The van der Waals surface area contributed by atoms with E-state index in [0.29, 0.717) is 17.5 Å². The van der Waals surface area contributed by atoms with Crippen molar-refractivity contribution in [3.63, 3.8) is 0 Å². The zero-order valence-corrected chi connectivity index (χ0v) is 15.5. The van der Waals surface area contributed by atoms with E-state index in [-0.39, 0.29) is 4.90 Å². The van der Waals surface area contributed by atoms with Crippen molar-refractivity contribution in [3.05, 3.63) is 54.1 Å². The van der Waals surface area contributed by atoms with Gasteiger partial charge in [-0.3, -0.25) is 4.72 Å². The highest BCUT2D eigenvalue weighted by atomic mass is 32.2. The van der Waals surface area contributed by atoms with Gasteiger partial charge in [0.1, 0.15) is 0 Å². The van der Waals surface area contributed by atoms with Crippen LogP contribution in [0.25, 0.3) is 0 Å². The van der Waals surface area contributed by atoms with Crippen LogP contribution < -0.4 is 10.0 Å². The van der Waals surface area contributed by atoms with Gasteiger partial charge < -0.3 is 5.32 Å². The highest BCUT2D eigenvalue weighted by Gasteiger charge is 2.14. The number of hydrogen-bond acceptors (Lipinski definition) is 3. The summed E-state index contributed by atoms with van der Waals surface area (Å²) < 4.78 is 27.5. The molecule has 0 aromatic heterocycles. The second kappa shape index (κ2) is 7.71. The number of sulfonamides is 1. The molecular weight excluding hydrogens is 320 g/mol. The molecule has 0 aliphatic rings. The van der Waals surface area contributed by atoms with Crippen molar-refractivity contribution in [2.24, 2.45) is 5.92 Å². The summed E-state index contributed by atoms with van der Waals surface area (Å²) in [6, 6.07) is 14.3. The van der Waals surface area contributed by atoms with E-state index in [1.807, 2.05) is 24.3 Å². The number of anilines is 2. The third-order valence-corrected chi connectivity index (χ3v) is 5.11. The lowest BCUT2D eigenvalue weighted by molar-refractivity contribution is 0.601. The second-order valence-electron chi connectivity index (χ2n) is 6.68. The minimum absolute atomic E-state index is 0.272. The van der Waals surface area contributed by atoms with Gasteiger partial charge in [0, 0.05) is 17.9 Å². The van der Waals surface area contributed by atoms with Crippen LogP contribution in [0.15, 0.2) is 53.4 Å². The predicted molar refractivity (Wildman–Crippen MR) is 101 cm³/mol. The molecule has 130 valence electrons. The van der Waals surface area contributed by atoms with Gasteiger partial charge in [-0.05, 0) is 53.8 Å². The van der Waals surface area contributed by atoms with Crippen LogP contribution in [0.3, 0.4) is 0 Å². The summed E-state index contributed by atoms with van der Waals surface area (Å²) >= 11 is 0. The van der Waals surface area contributed by atoms with E-state index in [0.717, 1.165) is 17.8 Å². The van der Waals surface area contributed by atoms with Crippen molar-refractivity contribution in [2.45, 2.75) is 38.5 Å². The van der Waals surface area contributed by atoms with Gasteiger partial charge in [-0.1, -0.05) is 39.8 Å². The van der Waals surface area contributed by atoms with Crippen molar-refractivity contribution in [1.82, 2.24) is 0 Å².